The van der Waals surface area contributed by atoms with Gasteiger partial charge >= 0.3 is 0 Å². The van der Waals surface area contributed by atoms with E-state index in [1.165, 1.54) is 12.1 Å². The van der Waals surface area contributed by atoms with Crippen LogP contribution in [0.15, 0.2) is 89.6 Å². The topological polar surface area (TPSA) is 81.4 Å². The number of amides is 1. The van der Waals surface area contributed by atoms with Gasteiger partial charge in [-0.25, -0.2) is 4.39 Å². The molecule has 0 aliphatic carbocycles. The molecule has 3 aromatic carbocycles. The van der Waals surface area contributed by atoms with Gasteiger partial charge in [0.25, 0.3) is 5.91 Å². The van der Waals surface area contributed by atoms with Gasteiger partial charge < -0.3 is 14.5 Å². The van der Waals surface area contributed by atoms with Crippen molar-refractivity contribution in [2.75, 3.05) is 13.7 Å². The Hall–Kier alpha value is -4.78. The van der Waals surface area contributed by atoms with Crippen LogP contribution in [0.1, 0.15) is 53.0 Å². The van der Waals surface area contributed by atoms with Crippen molar-refractivity contribution in [2.45, 2.75) is 33.1 Å². The number of furan rings is 1. The monoisotopic (exact) mass is 564 g/mol. The van der Waals surface area contributed by atoms with Gasteiger partial charge in [-0.1, -0.05) is 26.0 Å². The normalized spacial score (nSPS) is 11.2. The second-order valence-corrected chi connectivity index (χ2v) is 10.7. The number of hydrogen-bond acceptors (Lipinski definition) is 5. The van der Waals surface area contributed by atoms with Gasteiger partial charge in [-0.3, -0.25) is 14.6 Å². The van der Waals surface area contributed by atoms with Crippen molar-refractivity contribution < 1.29 is 23.1 Å². The number of nitrogens with one attached hydrogen (secondary N) is 1. The molecule has 0 spiro atoms. The smallest absolute Gasteiger partial charge is 0.255 e. The van der Waals surface area contributed by atoms with E-state index < -0.39 is 0 Å². The summed E-state index contributed by atoms with van der Waals surface area (Å²) in [6, 6.07) is 20.9. The van der Waals surface area contributed by atoms with Crippen molar-refractivity contribution in [3.8, 4) is 28.2 Å². The maximum atomic E-state index is 13.6. The molecule has 5 rings (SSSR count). The molecule has 214 valence electrons. The fraction of sp³-hybridized carbons (Fsp3) is 0.229. The summed E-state index contributed by atoms with van der Waals surface area (Å²) in [4.78, 5) is 30.4. The average Bonchev–Trinajstić information content (AvgIpc) is 3.39. The summed E-state index contributed by atoms with van der Waals surface area (Å²) in [6.45, 7) is 4.62. The van der Waals surface area contributed by atoms with E-state index >= 15 is 0 Å². The number of benzene rings is 3. The number of rotatable bonds is 11. The van der Waals surface area contributed by atoms with Crippen molar-refractivity contribution in [2.24, 2.45) is 5.92 Å². The number of Topliss-reactive ketones (excluding diaryl/α,β-unsaturated/α-hetero) is 1. The maximum absolute atomic E-state index is 13.6. The van der Waals surface area contributed by atoms with Crippen LogP contribution in [-0.4, -0.2) is 30.3 Å². The Kier molecular flexibility index (Phi) is 8.77. The third kappa shape index (κ3) is 6.57. The lowest BCUT2D eigenvalue weighted by Gasteiger charge is -2.12. The van der Waals surface area contributed by atoms with E-state index in [2.05, 4.69) is 24.1 Å². The Morgan fingerprint density at radius 2 is 1.76 bits per heavy atom. The van der Waals surface area contributed by atoms with Crippen molar-refractivity contribution >= 4 is 22.7 Å². The molecular formula is C35H33FN2O4. The van der Waals surface area contributed by atoms with Crippen molar-refractivity contribution in [1.29, 1.82) is 0 Å². The van der Waals surface area contributed by atoms with Crippen LogP contribution in [0.4, 0.5) is 4.39 Å². The lowest BCUT2D eigenvalue weighted by atomic mass is 9.96. The Balaban J connectivity index is 1.54. The summed E-state index contributed by atoms with van der Waals surface area (Å²) < 4.78 is 25.8. The van der Waals surface area contributed by atoms with Crippen molar-refractivity contribution in [1.82, 2.24) is 10.3 Å². The minimum atomic E-state index is -0.375. The first-order chi connectivity index (χ1) is 20.3. The molecular weight excluding hydrogens is 531 g/mol. The Morgan fingerprint density at radius 3 is 2.48 bits per heavy atom. The lowest BCUT2D eigenvalue weighted by Crippen LogP contribution is -2.18. The van der Waals surface area contributed by atoms with E-state index in [0.717, 1.165) is 23.1 Å². The fourth-order valence-electron chi connectivity index (χ4n) is 4.84. The zero-order chi connectivity index (χ0) is 29.6. The average molecular weight is 565 g/mol. The van der Waals surface area contributed by atoms with Gasteiger partial charge in [0.05, 0.1) is 12.2 Å². The second kappa shape index (κ2) is 12.8. The van der Waals surface area contributed by atoms with Crippen molar-refractivity contribution in [3.63, 3.8) is 0 Å². The van der Waals surface area contributed by atoms with E-state index in [1.807, 2.05) is 42.6 Å². The first kappa shape index (κ1) is 28.7. The summed E-state index contributed by atoms with van der Waals surface area (Å²) in [5.74, 6) is 0.724. The van der Waals surface area contributed by atoms with E-state index in [0.29, 0.717) is 64.5 Å². The van der Waals surface area contributed by atoms with Gasteiger partial charge in [0.2, 0.25) is 0 Å². The van der Waals surface area contributed by atoms with Gasteiger partial charge in [0, 0.05) is 48.8 Å². The Labute approximate surface area is 244 Å². The largest absolute Gasteiger partial charge is 0.493 e. The third-order valence-corrected chi connectivity index (χ3v) is 7.14. The molecule has 42 heavy (non-hydrogen) atoms. The molecule has 0 bridgehead atoms. The van der Waals surface area contributed by atoms with E-state index in [4.69, 9.17) is 9.15 Å². The summed E-state index contributed by atoms with van der Waals surface area (Å²) in [6.07, 6.45) is 5.46. The molecule has 6 nitrogen and oxygen atoms in total. The minimum absolute atomic E-state index is 0.0525. The molecule has 0 aliphatic rings. The molecule has 7 heteroatoms. The molecule has 0 radical (unpaired) electrons. The molecule has 0 unspecified atom stereocenters. The molecule has 2 heterocycles. The number of fused-ring (bicyclic) bond motifs is 1. The fourth-order valence-corrected chi connectivity index (χ4v) is 4.84. The molecule has 0 atom stereocenters. The predicted octanol–water partition coefficient (Wildman–Crippen LogP) is 7.90. The molecule has 1 N–H and O–H groups in total. The predicted molar refractivity (Wildman–Crippen MR) is 162 cm³/mol. The van der Waals surface area contributed by atoms with Gasteiger partial charge in [-0.15, -0.1) is 0 Å². The standard InChI is InChI=1S/C35H33FN2O4/c1-22(2)6-12-31(39)27-17-26(18-29(19-27)41-16-14-23-5-4-15-38-21-23)25-9-13-32-30(20-25)33(35(40)37-3)34(42-32)24-7-10-28(36)11-8-24/h4-5,7-11,13,15,17-22H,6,12,14,16H2,1-3H3,(H,37,40). The van der Waals surface area contributed by atoms with Crippen LogP contribution < -0.4 is 10.1 Å². The zero-order valence-electron chi connectivity index (χ0n) is 23.9. The van der Waals surface area contributed by atoms with Gasteiger partial charge in [0.1, 0.15) is 22.9 Å². The third-order valence-electron chi connectivity index (χ3n) is 7.14. The number of ketones is 1. The van der Waals surface area contributed by atoms with Gasteiger partial charge in [-0.05, 0) is 89.7 Å². The highest BCUT2D eigenvalue weighted by molar-refractivity contribution is 6.12. The van der Waals surface area contributed by atoms with Crippen LogP contribution in [0.2, 0.25) is 0 Å². The first-order valence-corrected chi connectivity index (χ1v) is 14.1. The van der Waals surface area contributed by atoms with Gasteiger partial charge in [0.15, 0.2) is 5.78 Å². The van der Waals surface area contributed by atoms with Crippen LogP contribution in [-0.2, 0) is 6.42 Å². The van der Waals surface area contributed by atoms with E-state index in [-0.39, 0.29) is 17.5 Å². The molecule has 0 saturated heterocycles. The lowest BCUT2D eigenvalue weighted by molar-refractivity contribution is 0.0960. The Bertz CT molecular complexity index is 1710. The molecule has 2 aromatic heterocycles. The number of hydrogen-bond donors (Lipinski definition) is 1. The SMILES string of the molecule is CNC(=O)c1c(-c2ccc(F)cc2)oc2ccc(-c3cc(OCCc4cccnc4)cc(C(=O)CCC(C)C)c3)cc12. The summed E-state index contributed by atoms with van der Waals surface area (Å²) in [5, 5.41) is 3.30. The highest BCUT2D eigenvalue weighted by Crippen LogP contribution is 2.37. The summed E-state index contributed by atoms with van der Waals surface area (Å²) in [5.41, 5.74) is 4.70. The number of halogens is 1. The van der Waals surface area contributed by atoms with E-state index in [9.17, 15) is 14.0 Å². The number of nitrogens with zero attached hydrogens (tertiary/aromatic N) is 1. The van der Waals surface area contributed by atoms with Crippen LogP contribution >= 0.6 is 0 Å². The van der Waals surface area contributed by atoms with Crippen LogP contribution in [0.5, 0.6) is 5.75 Å². The Morgan fingerprint density at radius 1 is 0.976 bits per heavy atom. The highest BCUT2D eigenvalue weighted by Gasteiger charge is 2.22. The molecule has 5 aromatic rings. The molecule has 0 saturated carbocycles. The maximum Gasteiger partial charge on any atom is 0.255 e. The number of carbonyl (C=O) groups excluding carboxylic acids is 2. The molecule has 1 amide bonds. The van der Waals surface area contributed by atoms with Crippen LogP contribution in [0.3, 0.4) is 0 Å². The second-order valence-electron chi connectivity index (χ2n) is 10.7. The van der Waals surface area contributed by atoms with Crippen LogP contribution in [0, 0.1) is 11.7 Å². The number of aromatic nitrogens is 1. The zero-order valence-corrected chi connectivity index (χ0v) is 23.9. The molecule has 0 fully saturated rings. The van der Waals surface area contributed by atoms with E-state index in [1.54, 1.807) is 37.5 Å². The first-order valence-electron chi connectivity index (χ1n) is 14.1. The highest BCUT2D eigenvalue weighted by atomic mass is 19.1. The number of ether oxygens (including phenoxy) is 1. The minimum Gasteiger partial charge on any atom is -0.493 e. The molecule has 0 aliphatic heterocycles. The summed E-state index contributed by atoms with van der Waals surface area (Å²) in [7, 11) is 1.56. The quantitative estimate of drug-likeness (QED) is 0.165. The van der Waals surface area contributed by atoms with Crippen LogP contribution in [0.25, 0.3) is 33.4 Å². The van der Waals surface area contributed by atoms with Crippen molar-refractivity contribution in [3.05, 3.63) is 108 Å². The number of carbonyl (C=O) groups is 2. The van der Waals surface area contributed by atoms with Gasteiger partial charge in [-0.2, -0.15) is 0 Å². The number of pyridine rings is 1. The summed E-state index contributed by atoms with van der Waals surface area (Å²) >= 11 is 0.